The van der Waals surface area contributed by atoms with E-state index in [9.17, 15) is 9.59 Å². The van der Waals surface area contributed by atoms with Gasteiger partial charge in [-0.2, -0.15) is 0 Å². The minimum Gasteiger partial charge on any atom is -0.476 e. The van der Waals surface area contributed by atoms with Crippen LogP contribution in [0.25, 0.3) is 0 Å². The molecule has 0 aliphatic carbocycles. The zero-order valence-electron chi connectivity index (χ0n) is 10.7. The number of anilines is 1. The Morgan fingerprint density at radius 2 is 2.05 bits per heavy atom. The highest BCUT2D eigenvalue weighted by atomic mass is 79.9. The molecular weight excluding hydrogens is 344 g/mol. The van der Waals surface area contributed by atoms with Crippen molar-refractivity contribution in [3.8, 4) is 0 Å². The van der Waals surface area contributed by atoms with Gasteiger partial charge < -0.3 is 10.4 Å². The molecule has 0 atom stereocenters. The highest BCUT2D eigenvalue weighted by Gasteiger charge is 2.16. The highest BCUT2D eigenvalue weighted by Crippen LogP contribution is 2.28. The Morgan fingerprint density at radius 3 is 2.60 bits per heavy atom. The van der Waals surface area contributed by atoms with Crippen LogP contribution in [0, 0.1) is 13.8 Å². The summed E-state index contributed by atoms with van der Waals surface area (Å²) in [6.07, 6.45) is 0. The van der Waals surface area contributed by atoms with Gasteiger partial charge in [0.15, 0.2) is 0 Å². The molecular formula is C13H11BrN2O3S. The van der Waals surface area contributed by atoms with Gasteiger partial charge in [0.1, 0.15) is 5.69 Å². The Labute approximate surface area is 127 Å². The normalized spacial score (nSPS) is 10.3. The van der Waals surface area contributed by atoms with E-state index in [1.54, 1.807) is 0 Å². The molecule has 1 amide bonds. The van der Waals surface area contributed by atoms with E-state index in [0.717, 1.165) is 26.9 Å². The van der Waals surface area contributed by atoms with E-state index < -0.39 is 11.9 Å². The van der Waals surface area contributed by atoms with Gasteiger partial charge in [-0.3, -0.25) is 4.79 Å². The summed E-state index contributed by atoms with van der Waals surface area (Å²) in [7, 11) is 0. The summed E-state index contributed by atoms with van der Waals surface area (Å²) in [5.74, 6) is -1.57. The largest absolute Gasteiger partial charge is 0.476 e. The van der Waals surface area contributed by atoms with E-state index in [1.165, 1.54) is 5.38 Å². The lowest BCUT2D eigenvalue weighted by atomic mass is 10.1. The Kier molecular flexibility index (Phi) is 4.20. The van der Waals surface area contributed by atoms with Crippen LogP contribution in [-0.4, -0.2) is 22.0 Å². The Balaban J connectivity index is 2.25. The predicted octanol–water partition coefficient (Wildman–Crippen LogP) is 3.47. The summed E-state index contributed by atoms with van der Waals surface area (Å²) >= 11 is 4.32. The fourth-order valence-electron chi connectivity index (χ4n) is 1.73. The van der Waals surface area contributed by atoms with Gasteiger partial charge >= 0.3 is 5.97 Å². The third-order valence-corrected chi connectivity index (χ3v) is 4.05. The lowest BCUT2D eigenvalue weighted by Crippen LogP contribution is -2.14. The zero-order chi connectivity index (χ0) is 14.9. The SMILES string of the molecule is Cc1cc(C)c(NC(=O)c2csc(C(=O)O)n2)c(Br)c1. The van der Waals surface area contributed by atoms with Gasteiger partial charge in [0, 0.05) is 9.85 Å². The number of carbonyl (C=O) groups is 2. The summed E-state index contributed by atoms with van der Waals surface area (Å²) in [5.41, 5.74) is 2.75. The molecule has 0 saturated heterocycles. The van der Waals surface area contributed by atoms with Gasteiger partial charge in [0.05, 0.1) is 5.69 Å². The Hall–Kier alpha value is -1.73. The van der Waals surface area contributed by atoms with Crippen LogP contribution in [-0.2, 0) is 0 Å². The monoisotopic (exact) mass is 354 g/mol. The third-order valence-electron chi connectivity index (χ3n) is 2.59. The van der Waals surface area contributed by atoms with Gasteiger partial charge in [-0.1, -0.05) is 6.07 Å². The Bertz CT molecular complexity index is 674. The number of rotatable bonds is 3. The first-order valence-corrected chi connectivity index (χ1v) is 7.32. The van der Waals surface area contributed by atoms with Crippen LogP contribution in [0.3, 0.4) is 0 Å². The van der Waals surface area contributed by atoms with Crippen molar-refractivity contribution in [2.75, 3.05) is 5.32 Å². The molecule has 0 fully saturated rings. The number of hydrogen-bond acceptors (Lipinski definition) is 4. The molecule has 20 heavy (non-hydrogen) atoms. The average Bonchev–Trinajstić information content (AvgIpc) is 2.83. The fourth-order valence-corrected chi connectivity index (χ4v) is 3.14. The van der Waals surface area contributed by atoms with Crippen LogP contribution in [0.5, 0.6) is 0 Å². The number of carbonyl (C=O) groups excluding carboxylic acids is 1. The summed E-state index contributed by atoms with van der Waals surface area (Å²) < 4.78 is 0.775. The second-order valence-electron chi connectivity index (χ2n) is 4.24. The molecule has 0 saturated carbocycles. The lowest BCUT2D eigenvalue weighted by molar-refractivity contribution is 0.0696. The van der Waals surface area contributed by atoms with Gasteiger partial charge in [-0.15, -0.1) is 11.3 Å². The minimum absolute atomic E-state index is 0.0966. The maximum Gasteiger partial charge on any atom is 0.365 e. The molecule has 2 rings (SSSR count). The van der Waals surface area contributed by atoms with Crippen molar-refractivity contribution >= 4 is 44.8 Å². The maximum atomic E-state index is 12.1. The van der Waals surface area contributed by atoms with Crippen LogP contribution < -0.4 is 5.32 Å². The standard InChI is InChI=1S/C13H11BrN2O3S/c1-6-3-7(2)10(8(14)4-6)16-11(17)9-5-20-12(15-9)13(18)19/h3-5H,1-2H3,(H,16,17)(H,18,19). The van der Waals surface area contributed by atoms with E-state index in [0.29, 0.717) is 5.69 Å². The molecule has 0 aliphatic heterocycles. The summed E-state index contributed by atoms with van der Waals surface area (Å²) in [6.45, 7) is 3.85. The predicted molar refractivity (Wildman–Crippen MR) is 80.6 cm³/mol. The third kappa shape index (κ3) is 3.05. The number of nitrogens with zero attached hydrogens (tertiary/aromatic N) is 1. The van der Waals surface area contributed by atoms with Crippen LogP contribution in [0.15, 0.2) is 22.0 Å². The highest BCUT2D eigenvalue weighted by molar-refractivity contribution is 9.10. The second kappa shape index (κ2) is 5.72. The van der Waals surface area contributed by atoms with E-state index >= 15 is 0 Å². The van der Waals surface area contributed by atoms with Crippen LogP contribution in [0.4, 0.5) is 5.69 Å². The molecule has 1 aromatic heterocycles. The van der Waals surface area contributed by atoms with Crippen LogP contribution in [0.2, 0.25) is 0 Å². The molecule has 0 aliphatic rings. The van der Waals surface area contributed by atoms with Crippen molar-refractivity contribution in [3.63, 3.8) is 0 Å². The number of carboxylic acid groups (broad SMARTS) is 1. The van der Waals surface area contributed by atoms with Crippen molar-refractivity contribution < 1.29 is 14.7 Å². The minimum atomic E-state index is -1.14. The number of nitrogens with one attached hydrogen (secondary N) is 1. The first kappa shape index (κ1) is 14.7. The number of aryl methyl sites for hydroxylation is 2. The number of thiazole rings is 1. The first-order valence-electron chi connectivity index (χ1n) is 5.65. The smallest absolute Gasteiger partial charge is 0.365 e. The second-order valence-corrected chi connectivity index (χ2v) is 5.95. The molecule has 2 aromatic rings. The topological polar surface area (TPSA) is 79.3 Å². The fraction of sp³-hybridized carbons (Fsp3) is 0.154. The molecule has 5 nitrogen and oxygen atoms in total. The van der Waals surface area contributed by atoms with Crippen molar-refractivity contribution in [3.05, 3.63) is 43.8 Å². The number of benzene rings is 1. The molecule has 0 radical (unpaired) electrons. The van der Waals surface area contributed by atoms with E-state index in [4.69, 9.17) is 5.11 Å². The molecule has 1 aromatic carbocycles. The number of carboxylic acids is 1. The molecule has 2 N–H and O–H groups in total. The number of aromatic carboxylic acids is 1. The van der Waals surface area contributed by atoms with E-state index in [2.05, 4.69) is 26.2 Å². The molecule has 1 heterocycles. The zero-order valence-corrected chi connectivity index (χ0v) is 13.1. The average molecular weight is 355 g/mol. The van der Waals surface area contributed by atoms with Crippen molar-refractivity contribution in [2.24, 2.45) is 0 Å². The molecule has 104 valence electrons. The van der Waals surface area contributed by atoms with Crippen LogP contribution in [0.1, 0.15) is 31.4 Å². The summed E-state index contributed by atoms with van der Waals surface area (Å²) in [6, 6.07) is 3.84. The number of hydrogen-bond donors (Lipinski definition) is 2. The first-order chi connectivity index (χ1) is 9.38. The van der Waals surface area contributed by atoms with Crippen molar-refractivity contribution in [2.45, 2.75) is 13.8 Å². The molecule has 0 unspecified atom stereocenters. The number of halogens is 1. The maximum absolute atomic E-state index is 12.1. The van der Waals surface area contributed by atoms with Crippen molar-refractivity contribution in [1.82, 2.24) is 4.98 Å². The number of aromatic nitrogens is 1. The molecule has 7 heteroatoms. The van der Waals surface area contributed by atoms with Gasteiger partial charge in [-0.25, -0.2) is 9.78 Å². The molecule has 0 spiro atoms. The lowest BCUT2D eigenvalue weighted by Gasteiger charge is -2.10. The van der Waals surface area contributed by atoms with Crippen molar-refractivity contribution in [1.29, 1.82) is 0 Å². The van der Waals surface area contributed by atoms with Crippen LogP contribution >= 0.6 is 27.3 Å². The number of amides is 1. The summed E-state index contributed by atoms with van der Waals surface area (Å²) in [5, 5.41) is 12.9. The Morgan fingerprint density at radius 1 is 1.35 bits per heavy atom. The summed E-state index contributed by atoms with van der Waals surface area (Å²) in [4.78, 5) is 26.6. The van der Waals surface area contributed by atoms with E-state index in [-0.39, 0.29) is 10.7 Å². The van der Waals surface area contributed by atoms with Gasteiger partial charge in [0.25, 0.3) is 5.91 Å². The van der Waals surface area contributed by atoms with Gasteiger partial charge in [-0.05, 0) is 47.0 Å². The quantitative estimate of drug-likeness (QED) is 0.884. The molecule has 0 bridgehead atoms. The van der Waals surface area contributed by atoms with Gasteiger partial charge in [0.2, 0.25) is 5.01 Å². The van der Waals surface area contributed by atoms with E-state index in [1.807, 2.05) is 26.0 Å².